The molecule has 0 saturated carbocycles. The molecule has 0 aromatic heterocycles. The normalized spacial score (nSPS) is 19.3. The van der Waals surface area contributed by atoms with Crippen LogP contribution in [0.5, 0.6) is 0 Å². The Morgan fingerprint density at radius 3 is 3.00 bits per heavy atom. The van der Waals surface area contributed by atoms with Crippen molar-refractivity contribution >= 4 is 17.8 Å². The fourth-order valence-corrected chi connectivity index (χ4v) is 1.85. The Morgan fingerprint density at radius 1 is 1.43 bits per heavy atom. The molecule has 0 radical (unpaired) electrons. The highest BCUT2D eigenvalue weighted by Gasteiger charge is 2.25. The lowest BCUT2D eigenvalue weighted by Crippen LogP contribution is -2.23. The van der Waals surface area contributed by atoms with E-state index in [1.165, 1.54) is 0 Å². The van der Waals surface area contributed by atoms with E-state index >= 15 is 0 Å². The number of carbonyl (C=O) groups excluding carboxylic acids is 2. The molecule has 72 valence electrons. The molecular formula is C11H11NO2. The number of ketones is 1. The van der Waals surface area contributed by atoms with Crippen molar-refractivity contribution in [1.82, 2.24) is 0 Å². The number of Topliss-reactive ketones (excluding diaryl/α,β-unsaturated/α-hetero) is 1. The summed E-state index contributed by atoms with van der Waals surface area (Å²) < 4.78 is 0. The number of rotatable bonds is 2. The first kappa shape index (κ1) is 8.94. The number of nitrogens with one attached hydrogen (secondary N) is 1. The van der Waals surface area contributed by atoms with Crippen molar-refractivity contribution in [2.45, 2.75) is 12.3 Å². The first-order valence-electron chi connectivity index (χ1n) is 4.65. The number of carbonyl (C=O) groups is 2. The third-order valence-corrected chi connectivity index (χ3v) is 2.54. The quantitative estimate of drug-likeness (QED) is 0.564. The lowest BCUT2D eigenvalue weighted by atomic mass is 9.88. The van der Waals surface area contributed by atoms with Gasteiger partial charge in [0, 0.05) is 12.2 Å². The van der Waals surface area contributed by atoms with E-state index in [0.717, 1.165) is 17.8 Å². The molecule has 1 aromatic carbocycles. The molecule has 1 heterocycles. The van der Waals surface area contributed by atoms with Gasteiger partial charge in [0.2, 0.25) is 5.78 Å². The summed E-state index contributed by atoms with van der Waals surface area (Å²) in [6.07, 6.45) is 1.13. The van der Waals surface area contributed by atoms with Gasteiger partial charge in [-0.2, -0.15) is 0 Å². The van der Waals surface area contributed by atoms with Gasteiger partial charge < -0.3 is 5.32 Å². The molecule has 3 heteroatoms. The van der Waals surface area contributed by atoms with Crippen molar-refractivity contribution in [2.24, 2.45) is 0 Å². The lowest BCUT2D eigenvalue weighted by Gasteiger charge is -2.23. The van der Waals surface area contributed by atoms with Crippen molar-refractivity contribution < 1.29 is 9.59 Å². The number of benzene rings is 1. The molecule has 3 nitrogen and oxygen atoms in total. The predicted molar refractivity (Wildman–Crippen MR) is 53.4 cm³/mol. The Hall–Kier alpha value is -1.64. The largest absolute Gasteiger partial charge is 0.385 e. The molecule has 1 atom stereocenters. The van der Waals surface area contributed by atoms with Crippen molar-refractivity contribution in [3.63, 3.8) is 0 Å². The summed E-state index contributed by atoms with van der Waals surface area (Å²) in [6, 6.07) is 7.63. The number of para-hydroxylation sites is 1. The Morgan fingerprint density at radius 2 is 2.21 bits per heavy atom. The molecule has 1 aliphatic rings. The minimum Gasteiger partial charge on any atom is -0.385 e. The summed E-state index contributed by atoms with van der Waals surface area (Å²) in [6.45, 7) is 0.751. The van der Waals surface area contributed by atoms with E-state index in [2.05, 4.69) is 5.32 Å². The fourth-order valence-electron chi connectivity index (χ4n) is 1.85. The molecular weight excluding hydrogens is 178 g/mol. The monoisotopic (exact) mass is 189 g/mol. The SMILES string of the molecule is O=CC(=O)C1CCNc2ccccc21. The van der Waals surface area contributed by atoms with Gasteiger partial charge in [0.05, 0.1) is 5.92 Å². The van der Waals surface area contributed by atoms with E-state index in [9.17, 15) is 9.59 Å². The van der Waals surface area contributed by atoms with Gasteiger partial charge in [-0.1, -0.05) is 18.2 Å². The van der Waals surface area contributed by atoms with Crippen LogP contribution in [0.3, 0.4) is 0 Å². The van der Waals surface area contributed by atoms with Crippen molar-refractivity contribution in [3.05, 3.63) is 29.8 Å². The predicted octanol–water partition coefficient (Wildman–Crippen LogP) is 1.35. The molecule has 0 bridgehead atoms. The van der Waals surface area contributed by atoms with Crippen molar-refractivity contribution in [3.8, 4) is 0 Å². The highest BCUT2D eigenvalue weighted by molar-refractivity contribution is 6.28. The second kappa shape index (κ2) is 3.62. The zero-order valence-electron chi connectivity index (χ0n) is 7.69. The van der Waals surface area contributed by atoms with E-state index in [1.54, 1.807) is 0 Å². The van der Waals surface area contributed by atoms with Gasteiger partial charge in [-0.3, -0.25) is 9.59 Å². The van der Waals surface area contributed by atoms with Crippen LogP contribution in [0.15, 0.2) is 24.3 Å². The smallest absolute Gasteiger partial charge is 0.202 e. The van der Waals surface area contributed by atoms with E-state index in [0.29, 0.717) is 12.7 Å². The van der Waals surface area contributed by atoms with Gasteiger partial charge in [0.1, 0.15) is 0 Å². The summed E-state index contributed by atoms with van der Waals surface area (Å²) in [5.74, 6) is -0.566. The number of hydrogen-bond acceptors (Lipinski definition) is 3. The van der Waals surface area contributed by atoms with Crippen LogP contribution < -0.4 is 5.32 Å². The van der Waals surface area contributed by atoms with E-state index in [1.807, 2.05) is 24.3 Å². The van der Waals surface area contributed by atoms with Crippen LogP contribution in [-0.4, -0.2) is 18.6 Å². The van der Waals surface area contributed by atoms with Gasteiger partial charge in [-0.15, -0.1) is 0 Å². The summed E-state index contributed by atoms with van der Waals surface area (Å²) in [7, 11) is 0. The fraction of sp³-hybridized carbons (Fsp3) is 0.273. The molecule has 2 rings (SSSR count). The van der Waals surface area contributed by atoms with Crippen molar-refractivity contribution in [1.29, 1.82) is 0 Å². The minimum atomic E-state index is -0.320. The van der Waals surface area contributed by atoms with Gasteiger partial charge in [0.15, 0.2) is 6.29 Å². The van der Waals surface area contributed by atoms with Crippen molar-refractivity contribution in [2.75, 3.05) is 11.9 Å². The zero-order chi connectivity index (χ0) is 9.97. The molecule has 0 saturated heterocycles. The summed E-state index contributed by atoms with van der Waals surface area (Å²) >= 11 is 0. The van der Waals surface area contributed by atoms with Crippen LogP contribution in [0.1, 0.15) is 17.9 Å². The standard InChI is InChI=1S/C11H11NO2/c13-7-11(14)9-5-6-12-10-4-2-1-3-8(9)10/h1-4,7,9,12H,5-6H2. The van der Waals surface area contributed by atoms with E-state index in [-0.39, 0.29) is 11.7 Å². The van der Waals surface area contributed by atoms with Crippen LogP contribution >= 0.6 is 0 Å². The summed E-state index contributed by atoms with van der Waals surface area (Å²) in [5, 5.41) is 3.20. The van der Waals surface area contributed by atoms with Gasteiger partial charge in [0.25, 0.3) is 0 Å². The Balaban J connectivity index is 2.40. The Kier molecular flexibility index (Phi) is 2.31. The Bertz CT molecular complexity index is 373. The molecule has 1 aliphatic heterocycles. The Labute approximate surface area is 82.1 Å². The second-order valence-electron chi connectivity index (χ2n) is 3.38. The number of fused-ring (bicyclic) bond motifs is 1. The van der Waals surface area contributed by atoms with Gasteiger partial charge >= 0.3 is 0 Å². The van der Waals surface area contributed by atoms with E-state index < -0.39 is 0 Å². The molecule has 0 fully saturated rings. The molecule has 0 aliphatic carbocycles. The zero-order valence-corrected chi connectivity index (χ0v) is 7.69. The number of anilines is 1. The van der Waals surface area contributed by atoms with Crippen LogP contribution in [0.2, 0.25) is 0 Å². The maximum absolute atomic E-state index is 11.3. The second-order valence-corrected chi connectivity index (χ2v) is 3.38. The van der Waals surface area contributed by atoms with E-state index in [4.69, 9.17) is 0 Å². The van der Waals surface area contributed by atoms with Gasteiger partial charge in [-0.05, 0) is 18.1 Å². The summed E-state index contributed by atoms with van der Waals surface area (Å²) in [4.78, 5) is 21.8. The number of aldehydes is 1. The third kappa shape index (κ3) is 1.41. The summed E-state index contributed by atoms with van der Waals surface area (Å²) in [5.41, 5.74) is 1.91. The third-order valence-electron chi connectivity index (χ3n) is 2.54. The highest BCUT2D eigenvalue weighted by atomic mass is 16.2. The molecule has 1 N–H and O–H groups in total. The highest BCUT2D eigenvalue weighted by Crippen LogP contribution is 2.31. The maximum Gasteiger partial charge on any atom is 0.202 e. The first-order chi connectivity index (χ1) is 6.83. The molecule has 0 amide bonds. The number of hydrogen-bond donors (Lipinski definition) is 1. The van der Waals surface area contributed by atoms with Crippen LogP contribution in [0, 0.1) is 0 Å². The molecule has 1 aromatic rings. The maximum atomic E-state index is 11.3. The molecule has 1 unspecified atom stereocenters. The van der Waals surface area contributed by atoms with Crippen LogP contribution in [-0.2, 0) is 9.59 Å². The van der Waals surface area contributed by atoms with Gasteiger partial charge in [-0.25, -0.2) is 0 Å². The lowest BCUT2D eigenvalue weighted by molar-refractivity contribution is -0.130. The average molecular weight is 189 g/mol. The molecule has 0 spiro atoms. The first-order valence-corrected chi connectivity index (χ1v) is 4.65. The average Bonchev–Trinajstić information content (AvgIpc) is 2.27. The van der Waals surface area contributed by atoms with Crippen LogP contribution in [0.4, 0.5) is 5.69 Å². The van der Waals surface area contributed by atoms with Crippen LogP contribution in [0.25, 0.3) is 0 Å². The topological polar surface area (TPSA) is 46.2 Å². The minimum absolute atomic E-state index is 0.245. The molecule has 14 heavy (non-hydrogen) atoms.